The number of fused-ring (bicyclic) bond motifs is 1. The number of benzene rings is 2. The molecule has 34 heavy (non-hydrogen) atoms. The number of halogens is 2. The molecule has 0 spiro atoms. The summed E-state index contributed by atoms with van der Waals surface area (Å²) in [6.45, 7) is 2.07. The van der Waals surface area contributed by atoms with E-state index in [1.165, 1.54) is 12.1 Å². The Labute approximate surface area is 197 Å². The van der Waals surface area contributed by atoms with Gasteiger partial charge in [0.15, 0.2) is 5.65 Å². The van der Waals surface area contributed by atoms with Crippen molar-refractivity contribution in [3.05, 3.63) is 90.5 Å². The van der Waals surface area contributed by atoms with Crippen molar-refractivity contribution in [3.8, 4) is 22.3 Å². The molecule has 0 radical (unpaired) electrons. The molecule has 4 aromatic rings. The maximum Gasteiger partial charge on any atom is 0.290 e. The zero-order chi connectivity index (χ0) is 23.7. The van der Waals surface area contributed by atoms with E-state index in [0.29, 0.717) is 12.2 Å². The van der Waals surface area contributed by atoms with E-state index in [-0.39, 0.29) is 12.1 Å². The smallest absolute Gasteiger partial charge is 0.290 e. The maximum absolute atomic E-state index is 14.8. The van der Waals surface area contributed by atoms with Crippen molar-refractivity contribution in [2.75, 3.05) is 13.1 Å². The van der Waals surface area contributed by atoms with Gasteiger partial charge >= 0.3 is 0 Å². The van der Waals surface area contributed by atoms with E-state index < -0.39 is 12.0 Å². The van der Waals surface area contributed by atoms with Gasteiger partial charge in [-0.15, -0.1) is 0 Å². The zero-order valence-electron chi connectivity index (χ0n) is 18.9. The van der Waals surface area contributed by atoms with Crippen molar-refractivity contribution < 1.29 is 13.9 Å². The second-order valence-corrected chi connectivity index (χ2v) is 8.75. The predicted molar refractivity (Wildman–Crippen MR) is 128 cm³/mol. The van der Waals surface area contributed by atoms with E-state index in [4.69, 9.17) is 0 Å². The van der Waals surface area contributed by atoms with Gasteiger partial charge < -0.3 is 10.0 Å². The molecule has 0 aliphatic carbocycles. The second kappa shape index (κ2) is 8.99. The van der Waals surface area contributed by atoms with Crippen LogP contribution in [0.25, 0.3) is 27.9 Å². The molecule has 174 valence electrons. The van der Waals surface area contributed by atoms with Gasteiger partial charge in [0, 0.05) is 35.6 Å². The molecule has 0 saturated carbocycles. The average Bonchev–Trinajstić information content (AvgIpc) is 3.28. The Hall–Kier alpha value is -3.58. The molecule has 5 nitrogen and oxygen atoms in total. The fourth-order valence-corrected chi connectivity index (χ4v) is 4.29. The van der Waals surface area contributed by atoms with Crippen molar-refractivity contribution in [2.45, 2.75) is 31.8 Å². The summed E-state index contributed by atoms with van der Waals surface area (Å²) in [4.78, 5) is 6.27. The predicted octanol–water partition coefficient (Wildman–Crippen LogP) is 5.82. The van der Waals surface area contributed by atoms with Gasteiger partial charge in [-0.2, -0.15) is 13.9 Å². The Morgan fingerprint density at radius 3 is 2.62 bits per heavy atom. The number of aliphatic hydroxyl groups excluding tert-OH is 1. The number of hydrogen-bond donors (Lipinski definition) is 1. The highest BCUT2D eigenvalue weighted by molar-refractivity contribution is 5.78. The lowest BCUT2D eigenvalue weighted by Crippen LogP contribution is -2.33. The molecule has 0 saturated heterocycles. The molecule has 0 amide bonds. The molecule has 2 aromatic heterocycles. The van der Waals surface area contributed by atoms with Crippen LogP contribution in [-0.2, 0) is 5.92 Å². The monoisotopic (exact) mass is 460 g/mol. The zero-order valence-corrected chi connectivity index (χ0v) is 18.9. The Bertz CT molecular complexity index is 1330. The molecule has 1 atom stereocenters. The molecule has 1 unspecified atom stereocenters. The lowest BCUT2D eigenvalue weighted by atomic mass is 10.0. The fourth-order valence-electron chi connectivity index (χ4n) is 4.29. The Kier molecular flexibility index (Phi) is 5.87. The van der Waals surface area contributed by atoms with Crippen molar-refractivity contribution >= 4 is 5.65 Å². The largest absolute Gasteiger partial charge is 0.389 e. The molecular weight excluding hydrogens is 434 g/mol. The number of alkyl halides is 2. The number of aliphatic hydroxyl groups is 1. The van der Waals surface area contributed by atoms with Crippen molar-refractivity contribution in [1.29, 1.82) is 0 Å². The van der Waals surface area contributed by atoms with E-state index >= 15 is 0 Å². The third kappa shape index (κ3) is 4.43. The van der Waals surface area contributed by atoms with E-state index in [0.717, 1.165) is 40.7 Å². The molecule has 3 heterocycles. The number of nitrogens with zero attached hydrogens (tertiary/aromatic N) is 4. The quantitative estimate of drug-likeness (QED) is 0.394. The van der Waals surface area contributed by atoms with E-state index in [1.807, 2.05) is 36.5 Å². The van der Waals surface area contributed by atoms with Crippen LogP contribution in [0, 0.1) is 0 Å². The van der Waals surface area contributed by atoms with Crippen LogP contribution in [0.1, 0.15) is 37.0 Å². The fraction of sp³-hybridized carbons (Fsp3) is 0.259. The first kappa shape index (κ1) is 22.2. The summed E-state index contributed by atoms with van der Waals surface area (Å²) in [5.74, 6) is -2.93. The number of hydrogen-bond acceptors (Lipinski definition) is 4. The topological polar surface area (TPSA) is 53.7 Å². The average molecular weight is 461 g/mol. The summed E-state index contributed by atoms with van der Waals surface area (Å²) < 4.78 is 31.3. The lowest BCUT2D eigenvalue weighted by Gasteiger charge is -2.28. The van der Waals surface area contributed by atoms with E-state index in [2.05, 4.69) is 10.1 Å². The normalized spacial score (nSPS) is 15.1. The number of aromatic nitrogens is 3. The van der Waals surface area contributed by atoms with E-state index in [9.17, 15) is 13.9 Å². The highest BCUT2D eigenvalue weighted by Gasteiger charge is 2.33. The molecular formula is C27H26F2N4O. The summed E-state index contributed by atoms with van der Waals surface area (Å²) in [5.41, 5.74) is 4.86. The minimum Gasteiger partial charge on any atom is -0.389 e. The van der Waals surface area contributed by atoms with Gasteiger partial charge in [-0.1, -0.05) is 48.5 Å². The van der Waals surface area contributed by atoms with Crippen molar-refractivity contribution in [1.82, 2.24) is 19.5 Å². The van der Waals surface area contributed by atoms with Crippen molar-refractivity contribution in [3.63, 3.8) is 0 Å². The first-order chi connectivity index (χ1) is 16.4. The number of allylic oxidation sites excluding steroid dienone is 1. The van der Waals surface area contributed by atoms with Crippen LogP contribution in [0.3, 0.4) is 0 Å². The van der Waals surface area contributed by atoms with Crippen LogP contribution < -0.4 is 0 Å². The Morgan fingerprint density at radius 1 is 1.06 bits per heavy atom. The third-order valence-corrected chi connectivity index (χ3v) is 6.21. The van der Waals surface area contributed by atoms with Gasteiger partial charge in [-0.05, 0) is 48.7 Å². The number of rotatable bonds is 6. The maximum atomic E-state index is 14.8. The minimum atomic E-state index is -2.93. The van der Waals surface area contributed by atoms with E-state index in [1.54, 1.807) is 47.1 Å². The van der Waals surface area contributed by atoms with Crippen LogP contribution >= 0.6 is 0 Å². The molecule has 2 aromatic carbocycles. The standard InChI is InChI=1S/C27H26F2N4O/c1-19(34)21-6-5-7-22(14-21)25-16-31-33-17-23(15-30-26(25)33)20-8-10-24(11-9-20)27(28,29)18-32-12-3-2-4-13-32/h3,5-12,14-17,19,34H,2,4,13,18H2,1H3. The first-order valence-corrected chi connectivity index (χ1v) is 11.4. The van der Waals surface area contributed by atoms with Gasteiger partial charge in [0.2, 0.25) is 0 Å². The minimum absolute atomic E-state index is 0.00336. The van der Waals surface area contributed by atoms with Crippen LogP contribution in [0.4, 0.5) is 8.78 Å². The van der Waals surface area contributed by atoms with Crippen LogP contribution in [0.2, 0.25) is 0 Å². The summed E-state index contributed by atoms with van der Waals surface area (Å²) in [6, 6.07) is 14.0. The molecule has 0 fully saturated rings. The Balaban J connectivity index is 1.39. The third-order valence-electron chi connectivity index (χ3n) is 6.21. The molecule has 5 rings (SSSR count). The molecule has 7 heteroatoms. The highest BCUT2D eigenvalue weighted by Crippen LogP contribution is 2.32. The van der Waals surface area contributed by atoms with Gasteiger partial charge in [0.05, 0.1) is 18.8 Å². The SMILES string of the molecule is CC(O)c1cccc(-c2cnn3cc(-c4ccc(C(F)(F)CN5C=CCCC5)cc4)cnc23)c1. The van der Waals surface area contributed by atoms with Gasteiger partial charge in [-0.25, -0.2) is 9.50 Å². The summed E-state index contributed by atoms with van der Waals surface area (Å²) >= 11 is 0. The van der Waals surface area contributed by atoms with Crippen LogP contribution in [0.5, 0.6) is 0 Å². The van der Waals surface area contributed by atoms with Gasteiger partial charge in [0.1, 0.15) is 0 Å². The van der Waals surface area contributed by atoms with Crippen LogP contribution in [0.15, 0.2) is 79.4 Å². The molecule has 1 aliphatic rings. The summed E-state index contributed by atoms with van der Waals surface area (Å²) in [6.07, 6.45) is 10.3. The summed E-state index contributed by atoms with van der Waals surface area (Å²) in [5, 5.41) is 14.3. The molecule has 1 aliphatic heterocycles. The van der Waals surface area contributed by atoms with Gasteiger partial charge in [-0.3, -0.25) is 0 Å². The molecule has 0 bridgehead atoms. The highest BCUT2D eigenvalue weighted by atomic mass is 19.3. The van der Waals surface area contributed by atoms with Gasteiger partial charge in [0.25, 0.3) is 5.92 Å². The molecule has 1 N–H and O–H groups in total. The summed E-state index contributed by atoms with van der Waals surface area (Å²) in [7, 11) is 0. The van der Waals surface area contributed by atoms with Crippen molar-refractivity contribution in [2.24, 2.45) is 0 Å². The van der Waals surface area contributed by atoms with Crippen LogP contribution in [-0.4, -0.2) is 37.7 Å². The first-order valence-electron chi connectivity index (χ1n) is 11.4. The lowest BCUT2D eigenvalue weighted by molar-refractivity contribution is -0.0285. The Morgan fingerprint density at radius 2 is 1.88 bits per heavy atom. The second-order valence-electron chi connectivity index (χ2n) is 8.75.